The normalized spacial score (nSPS) is 22.7. The summed E-state index contributed by atoms with van der Waals surface area (Å²) in [5.74, 6) is -1.15. The smallest absolute Gasteiger partial charge is 0.435 e. The van der Waals surface area contributed by atoms with Crippen molar-refractivity contribution in [1.82, 2.24) is 0 Å². The number of quaternary nitrogens is 1. The van der Waals surface area contributed by atoms with E-state index in [1.807, 2.05) is 0 Å². The zero-order chi connectivity index (χ0) is 19.5. The Morgan fingerprint density at radius 1 is 1.15 bits per heavy atom. The third-order valence-corrected chi connectivity index (χ3v) is 4.79. The Hall–Kier alpha value is -2.80. The molecule has 0 saturated carbocycles. The Bertz CT molecular complexity index is 782. The summed E-state index contributed by atoms with van der Waals surface area (Å²) in [7, 11) is 0. The molecule has 7 nitrogen and oxygen atoms in total. The highest BCUT2D eigenvalue weighted by molar-refractivity contribution is 6.11. The molecule has 1 aliphatic heterocycles. The van der Waals surface area contributed by atoms with Crippen molar-refractivity contribution < 1.29 is 28.8 Å². The third kappa shape index (κ3) is 3.72. The van der Waals surface area contributed by atoms with E-state index in [0.29, 0.717) is 24.1 Å². The fourth-order valence-corrected chi connectivity index (χ4v) is 3.28. The number of amides is 3. The van der Waals surface area contributed by atoms with Gasteiger partial charge < -0.3 is 10.4 Å². The Kier molecular flexibility index (Phi) is 5.72. The minimum Gasteiger partial charge on any atom is -0.435 e. The zero-order valence-electron chi connectivity index (χ0n) is 15.1. The second-order valence-electron chi connectivity index (χ2n) is 6.62. The van der Waals surface area contributed by atoms with E-state index < -0.39 is 16.5 Å². The lowest BCUT2D eigenvalue weighted by molar-refractivity contribution is -0.789. The predicted octanol–water partition coefficient (Wildman–Crippen LogP) is 2.98. The van der Waals surface area contributed by atoms with Crippen molar-refractivity contribution in [2.75, 3.05) is 11.9 Å². The lowest BCUT2D eigenvalue weighted by Gasteiger charge is -2.28. The number of carboxylic acid groups (broad SMARTS) is 1. The molecule has 1 aliphatic rings. The molecule has 2 rings (SSSR count). The second-order valence-corrected chi connectivity index (χ2v) is 6.62. The van der Waals surface area contributed by atoms with Crippen LogP contribution in [0.2, 0.25) is 0 Å². The first-order chi connectivity index (χ1) is 12.2. The molecule has 2 N–H and O–H groups in total. The summed E-state index contributed by atoms with van der Waals surface area (Å²) in [5, 5.41) is 12.2. The summed E-state index contributed by atoms with van der Waals surface area (Å²) in [4.78, 5) is 47.9. The standard InChI is InChI=1S/C19H22N2O5/c1-12(11-17(23)21(19(25)26)10-4-5-13(21)2)18(24)15-6-8-16(9-7-15)20-14(3)22/h6-9,11,13H,4-5,10H2,1-3H3,(H-,20,22,24,25,26)/p+1/t13-,21?/m1/s1. The number of rotatable bonds is 4. The van der Waals surface area contributed by atoms with Crippen LogP contribution in [0, 0.1) is 0 Å². The van der Waals surface area contributed by atoms with Crippen molar-refractivity contribution >= 4 is 29.4 Å². The highest BCUT2D eigenvalue weighted by atomic mass is 16.4. The number of likely N-dealkylation sites (tertiary alicyclic amines) is 1. The van der Waals surface area contributed by atoms with Gasteiger partial charge in [0.05, 0.1) is 12.6 Å². The summed E-state index contributed by atoms with van der Waals surface area (Å²) < 4.78 is -0.661. The van der Waals surface area contributed by atoms with Crippen molar-refractivity contribution in [2.24, 2.45) is 0 Å². The maximum absolute atomic E-state index is 12.7. The van der Waals surface area contributed by atoms with Gasteiger partial charge in [0.25, 0.3) is 0 Å². The van der Waals surface area contributed by atoms with Crippen LogP contribution in [0.15, 0.2) is 35.9 Å². The highest BCUT2D eigenvalue weighted by Crippen LogP contribution is 2.28. The average Bonchev–Trinajstić information content (AvgIpc) is 2.97. The SMILES string of the molecule is CC(=O)Nc1ccc(C(=O)C(C)=CC(=O)[N+]2(C(=O)O)CCC[C@H]2C)cc1. The maximum atomic E-state index is 12.7. The van der Waals surface area contributed by atoms with Gasteiger partial charge in [-0.05, 0) is 38.1 Å². The lowest BCUT2D eigenvalue weighted by Crippen LogP contribution is -2.58. The predicted molar refractivity (Wildman–Crippen MR) is 95.7 cm³/mol. The molecule has 0 aliphatic carbocycles. The van der Waals surface area contributed by atoms with E-state index in [9.17, 15) is 24.3 Å². The lowest BCUT2D eigenvalue weighted by atomic mass is 10.0. The number of hydrogen-bond donors (Lipinski definition) is 2. The number of hydrogen-bond acceptors (Lipinski definition) is 4. The van der Waals surface area contributed by atoms with Crippen LogP contribution < -0.4 is 5.32 Å². The second kappa shape index (κ2) is 7.61. The van der Waals surface area contributed by atoms with Crippen molar-refractivity contribution in [3.05, 3.63) is 41.5 Å². The summed E-state index contributed by atoms with van der Waals surface area (Å²) in [6.07, 6.45) is 1.27. The molecule has 0 spiro atoms. The molecule has 1 fully saturated rings. The summed E-state index contributed by atoms with van der Waals surface area (Å²) in [6, 6.07) is 5.97. The van der Waals surface area contributed by atoms with Gasteiger partial charge in [-0.15, -0.1) is 0 Å². The number of carbonyl (C=O) groups excluding carboxylic acids is 3. The van der Waals surface area contributed by atoms with Gasteiger partial charge in [-0.1, -0.05) is 0 Å². The van der Waals surface area contributed by atoms with E-state index in [2.05, 4.69) is 5.32 Å². The molecule has 3 amide bonds. The highest BCUT2D eigenvalue weighted by Gasteiger charge is 2.52. The van der Waals surface area contributed by atoms with E-state index in [-0.39, 0.29) is 29.9 Å². The van der Waals surface area contributed by atoms with Crippen LogP contribution >= 0.6 is 0 Å². The maximum Gasteiger partial charge on any atom is 0.521 e. The van der Waals surface area contributed by atoms with Crippen LogP contribution in [-0.2, 0) is 9.59 Å². The zero-order valence-corrected chi connectivity index (χ0v) is 15.1. The summed E-state index contributed by atoms with van der Waals surface area (Å²) in [6.45, 7) is 4.86. The fourth-order valence-electron chi connectivity index (χ4n) is 3.28. The number of carbonyl (C=O) groups is 4. The van der Waals surface area contributed by atoms with E-state index in [1.165, 1.54) is 13.8 Å². The number of nitrogens with zero attached hydrogens (tertiary/aromatic N) is 1. The van der Waals surface area contributed by atoms with Gasteiger partial charge in [0.1, 0.15) is 6.04 Å². The van der Waals surface area contributed by atoms with Gasteiger partial charge in [0, 0.05) is 36.6 Å². The number of allylic oxidation sites excluding steroid dienone is 1. The Labute approximate surface area is 151 Å². The minimum atomic E-state index is -1.18. The topological polar surface area (TPSA) is 101 Å². The van der Waals surface area contributed by atoms with Gasteiger partial charge in [0.15, 0.2) is 5.78 Å². The third-order valence-electron chi connectivity index (χ3n) is 4.79. The van der Waals surface area contributed by atoms with Crippen molar-refractivity contribution in [1.29, 1.82) is 0 Å². The van der Waals surface area contributed by atoms with E-state index in [0.717, 1.165) is 6.08 Å². The molecule has 1 aromatic rings. The molecule has 0 bridgehead atoms. The van der Waals surface area contributed by atoms with Crippen LogP contribution in [0.5, 0.6) is 0 Å². The molecule has 1 saturated heterocycles. The monoisotopic (exact) mass is 359 g/mol. The molecule has 1 heterocycles. The van der Waals surface area contributed by atoms with Gasteiger partial charge in [0.2, 0.25) is 5.91 Å². The van der Waals surface area contributed by atoms with E-state index >= 15 is 0 Å². The molecular weight excluding hydrogens is 336 g/mol. The van der Waals surface area contributed by atoms with Crippen LogP contribution in [0.3, 0.4) is 0 Å². The van der Waals surface area contributed by atoms with Gasteiger partial charge in [-0.2, -0.15) is 9.28 Å². The first-order valence-corrected chi connectivity index (χ1v) is 8.45. The van der Waals surface area contributed by atoms with Crippen molar-refractivity contribution in [2.45, 2.75) is 39.7 Å². The average molecular weight is 359 g/mol. The first-order valence-electron chi connectivity index (χ1n) is 8.45. The van der Waals surface area contributed by atoms with Crippen molar-refractivity contribution in [3.63, 3.8) is 0 Å². The molecular formula is C19H23N2O5+. The largest absolute Gasteiger partial charge is 0.521 e. The van der Waals surface area contributed by atoms with E-state index in [4.69, 9.17) is 0 Å². The molecule has 0 aromatic heterocycles. The molecule has 1 aromatic carbocycles. The minimum absolute atomic E-state index is 0.181. The van der Waals surface area contributed by atoms with E-state index in [1.54, 1.807) is 31.2 Å². The Balaban J connectivity index is 2.22. The number of Topliss-reactive ketones (excluding diaryl/α,β-unsaturated/α-hetero) is 1. The van der Waals surface area contributed by atoms with Crippen LogP contribution in [0.4, 0.5) is 10.5 Å². The number of imide groups is 1. The summed E-state index contributed by atoms with van der Waals surface area (Å²) in [5.41, 5.74) is 1.10. The molecule has 26 heavy (non-hydrogen) atoms. The summed E-state index contributed by atoms with van der Waals surface area (Å²) >= 11 is 0. The Morgan fingerprint density at radius 3 is 2.23 bits per heavy atom. The fraction of sp³-hybridized carbons (Fsp3) is 0.368. The van der Waals surface area contributed by atoms with Crippen LogP contribution in [-0.4, -0.2) is 45.9 Å². The van der Waals surface area contributed by atoms with Crippen molar-refractivity contribution in [3.8, 4) is 0 Å². The number of ketones is 1. The number of anilines is 1. The number of benzene rings is 1. The van der Waals surface area contributed by atoms with Gasteiger partial charge in [-0.3, -0.25) is 9.59 Å². The van der Waals surface area contributed by atoms with Crippen LogP contribution in [0.1, 0.15) is 44.0 Å². The molecule has 0 radical (unpaired) electrons. The molecule has 7 heteroatoms. The molecule has 2 atom stereocenters. The molecule has 1 unspecified atom stereocenters. The number of nitrogens with one attached hydrogen (secondary N) is 1. The molecule has 138 valence electrons. The Morgan fingerprint density at radius 2 is 1.77 bits per heavy atom. The van der Waals surface area contributed by atoms with Crippen LogP contribution in [0.25, 0.3) is 0 Å². The first kappa shape index (κ1) is 19.5. The quantitative estimate of drug-likeness (QED) is 0.489. The van der Waals surface area contributed by atoms with Gasteiger partial charge in [-0.25, -0.2) is 4.79 Å². The van der Waals surface area contributed by atoms with Gasteiger partial charge >= 0.3 is 12.0 Å².